The van der Waals surface area contributed by atoms with Crippen molar-refractivity contribution in [3.05, 3.63) is 29.3 Å². The van der Waals surface area contributed by atoms with Gasteiger partial charge in [0.2, 0.25) is 0 Å². The number of carbonyl (C=O) groups excluding carboxylic acids is 1. The van der Waals surface area contributed by atoms with Crippen molar-refractivity contribution in [1.29, 1.82) is 0 Å². The van der Waals surface area contributed by atoms with E-state index in [9.17, 15) is 21.6 Å². The standard InChI is InChI=1S/C11H13ClN2O5S2/c1-2-3-11(14-21(18,19)13-8-15)20(16,17)10-6-4-9(12)5-7-10/h4-7,11,14H,2-3H2,1H3. The van der Waals surface area contributed by atoms with Gasteiger partial charge in [0.25, 0.3) is 6.08 Å². The molecule has 0 radical (unpaired) electrons. The summed E-state index contributed by atoms with van der Waals surface area (Å²) in [5.74, 6) is 0. The average molecular weight is 353 g/mol. The van der Waals surface area contributed by atoms with Crippen molar-refractivity contribution < 1.29 is 21.6 Å². The van der Waals surface area contributed by atoms with Crippen molar-refractivity contribution in [2.24, 2.45) is 4.40 Å². The molecular weight excluding hydrogens is 340 g/mol. The van der Waals surface area contributed by atoms with Crippen molar-refractivity contribution in [1.82, 2.24) is 4.72 Å². The fraction of sp³-hybridized carbons (Fsp3) is 0.364. The first-order valence-corrected chi connectivity index (χ1v) is 9.20. The van der Waals surface area contributed by atoms with E-state index >= 15 is 0 Å². The molecule has 7 nitrogen and oxygen atoms in total. The number of rotatable bonds is 7. The van der Waals surface area contributed by atoms with E-state index in [1.54, 1.807) is 6.92 Å². The van der Waals surface area contributed by atoms with Crippen LogP contribution in [0.3, 0.4) is 0 Å². The second-order valence-corrected chi connectivity index (χ2v) is 7.99. The lowest BCUT2D eigenvalue weighted by atomic mass is 10.3. The molecule has 0 aliphatic rings. The zero-order valence-corrected chi connectivity index (χ0v) is 13.4. The van der Waals surface area contributed by atoms with E-state index in [2.05, 4.69) is 4.40 Å². The molecule has 116 valence electrons. The maximum absolute atomic E-state index is 12.4. The van der Waals surface area contributed by atoms with E-state index in [1.165, 1.54) is 24.3 Å². The van der Waals surface area contributed by atoms with Crippen molar-refractivity contribution in [3.63, 3.8) is 0 Å². The molecule has 1 rings (SSSR count). The predicted octanol–water partition coefficient (Wildman–Crippen LogP) is 1.41. The molecule has 0 amide bonds. The minimum Gasteiger partial charge on any atom is -0.222 e. The topological polar surface area (TPSA) is 110 Å². The normalized spacial score (nSPS) is 13.4. The summed E-state index contributed by atoms with van der Waals surface area (Å²) in [7, 11) is -8.38. The van der Waals surface area contributed by atoms with Gasteiger partial charge < -0.3 is 0 Å². The second kappa shape index (κ2) is 7.15. The maximum atomic E-state index is 12.4. The molecule has 0 saturated carbocycles. The third-order valence-electron chi connectivity index (χ3n) is 2.51. The van der Waals surface area contributed by atoms with Gasteiger partial charge in [0, 0.05) is 5.02 Å². The molecule has 1 unspecified atom stereocenters. The fourth-order valence-electron chi connectivity index (χ4n) is 1.57. The summed E-state index contributed by atoms with van der Waals surface area (Å²) in [4.78, 5) is 9.96. The van der Waals surface area contributed by atoms with Crippen molar-refractivity contribution in [2.75, 3.05) is 0 Å². The second-order valence-electron chi connectivity index (χ2n) is 4.05. The lowest BCUT2D eigenvalue weighted by Crippen LogP contribution is -2.39. The number of isocyanates is 1. The van der Waals surface area contributed by atoms with Crippen LogP contribution in [0.4, 0.5) is 0 Å². The van der Waals surface area contributed by atoms with Gasteiger partial charge in [-0.05, 0) is 30.7 Å². The van der Waals surface area contributed by atoms with Crippen molar-refractivity contribution in [2.45, 2.75) is 30.0 Å². The van der Waals surface area contributed by atoms with Gasteiger partial charge in [0.15, 0.2) is 9.84 Å². The first-order chi connectivity index (χ1) is 9.73. The molecular formula is C11H13ClN2O5S2. The van der Waals surface area contributed by atoms with E-state index < -0.39 is 25.4 Å². The van der Waals surface area contributed by atoms with Crippen LogP contribution in [0.25, 0.3) is 0 Å². The average Bonchev–Trinajstić information content (AvgIpc) is 2.38. The zero-order valence-electron chi connectivity index (χ0n) is 11.0. The quantitative estimate of drug-likeness (QED) is 0.589. The number of halogens is 1. The Kier molecular flexibility index (Phi) is 6.06. The highest BCUT2D eigenvalue weighted by Gasteiger charge is 2.30. The molecule has 0 saturated heterocycles. The summed E-state index contributed by atoms with van der Waals surface area (Å²) < 4.78 is 52.1. The lowest BCUT2D eigenvalue weighted by Gasteiger charge is -2.16. The molecule has 0 aliphatic heterocycles. The largest absolute Gasteiger partial charge is 0.331 e. The molecule has 1 atom stereocenters. The zero-order chi connectivity index (χ0) is 16.1. The first kappa shape index (κ1) is 17.8. The van der Waals surface area contributed by atoms with Gasteiger partial charge >= 0.3 is 10.2 Å². The van der Waals surface area contributed by atoms with Gasteiger partial charge in [-0.1, -0.05) is 29.3 Å². The molecule has 1 N–H and O–H groups in total. The fourth-order valence-corrected chi connectivity index (χ4v) is 4.56. The molecule has 0 heterocycles. The molecule has 1 aromatic carbocycles. The maximum Gasteiger partial charge on any atom is 0.331 e. The molecule has 0 spiro atoms. The highest BCUT2D eigenvalue weighted by atomic mass is 35.5. The van der Waals surface area contributed by atoms with Gasteiger partial charge in [0.05, 0.1) is 4.90 Å². The van der Waals surface area contributed by atoms with Gasteiger partial charge in [-0.2, -0.15) is 13.1 Å². The number of nitrogens with one attached hydrogen (secondary N) is 1. The van der Waals surface area contributed by atoms with Crippen molar-refractivity contribution in [3.8, 4) is 0 Å². The summed E-state index contributed by atoms with van der Waals surface area (Å²) in [6.45, 7) is 1.70. The molecule has 0 bridgehead atoms. The van der Waals surface area contributed by atoms with Crippen LogP contribution in [-0.2, 0) is 24.8 Å². The minimum atomic E-state index is -4.41. The molecule has 10 heteroatoms. The monoisotopic (exact) mass is 352 g/mol. The number of benzene rings is 1. The number of nitrogens with zero attached hydrogens (tertiary/aromatic N) is 1. The predicted molar refractivity (Wildman–Crippen MR) is 77.5 cm³/mol. The summed E-state index contributed by atoms with van der Waals surface area (Å²) in [5.41, 5.74) is 0. The smallest absolute Gasteiger partial charge is 0.222 e. The van der Waals surface area contributed by atoms with Crippen LogP contribution in [0, 0.1) is 0 Å². The Morgan fingerprint density at radius 1 is 1.24 bits per heavy atom. The Morgan fingerprint density at radius 3 is 2.29 bits per heavy atom. The van der Waals surface area contributed by atoms with Gasteiger partial charge in [-0.25, -0.2) is 13.2 Å². The Morgan fingerprint density at radius 2 is 1.81 bits per heavy atom. The minimum absolute atomic E-state index is 0.0264. The van der Waals surface area contributed by atoms with Crippen LogP contribution in [0.1, 0.15) is 19.8 Å². The molecule has 21 heavy (non-hydrogen) atoms. The summed E-state index contributed by atoms with van der Waals surface area (Å²) in [5, 5.41) is -1.07. The highest BCUT2D eigenvalue weighted by Crippen LogP contribution is 2.20. The van der Waals surface area contributed by atoms with E-state index in [1.807, 2.05) is 4.72 Å². The molecule has 0 aliphatic carbocycles. The number of sulfone groups is 1. The molecule has 1 aromatic rings. The van der Waals surface area contributed by atoms with E-state index in [0.717, 1.165) is 6.08 Å². The Bertz CT molecular complexity index is 737. The van der Waals surface area contributed by atoms with Crippen LogP contribution >= 0.6 is 11.6 Å². The highest BCUT2D eigenvalue weighted by molar-refractivity contribution is 7.94. The van der Waals surface area contributed by atoms with Crippen LogP contribution in [-0.4, -0.2) is 28.3 Å². The molecule has 0 fully saturated rings. The van der Waals surface area contributed by atoms with Crippen LogP contribution in [0.2, 0.25) is 5.02 Å². The number of hydrogen-bond acceptors (Lipinski definition) is 5. The van der Waals surface area contributed by atoms with Gasteiger partial charge in [-0.15, -0.1) is 0 Å². The van der Waals surface area contributed by atoms with E-state index in [-0.39, 0.29) is 11.3 Å². The van der Waals surface area contributed by atoms with Crippen LogP contribution in [0.15, 0.2) is 33.6 Å². The third kappa shape index (κ3) is 4.90. The number of hydrogen-bond donors (Lipinski definition) is 1. The Labute approximate surface area is 128 Å². The molecule has 0 aromatic heterocycles. The van der Waals surface area contributed by atoms with Crippen LogP contribution in [0.5, 0.6) is 0 Å². The van der Waals surface area contributed by atoms with Crippen LogP contribution < -0.4 is 4.72 Å². The summed E-state index contributed by atoms with van der Waals surface area (Å²) >= 11 is 5.69. The third-order valence-corrected chi connectivity index (χ3v) is 5.84. The Balaban J connectivity index is 3.20. The summed E-state index contributed by atoms with van der Waals surface area (Å²) in [6.07, 6.45) is 1.30. The van der Waals surface area contributed by atoms with Gasteiger partial charge in [0.1, 0.15) is 5.37 Å². The van der Waals surface area contributed by atoms with Crippen molar-refractivity contribution >= 4 is 37.7 Å². The Hall–Kier alpha value is -1.25. The van der Waals surface area contributed by atoms with Gasteiger partial charge in [-0.3, -0.25) is 0 Å². The first-order valence-electron chi connectivity index (χ1n) is 5.84. The SMILES string of the molecule is CCCC(NS(=O)(=O)N=C=O)S(=O)(=O)c1ccc(Cl)cc1. The summed E-state index contributed by atoms with van der Waals surface area (Å²) in [6, 6.07) is 5.32. The lowest BCUT2D eigenvalue weighted by molar-refractivity contribution is 0.540. The van der Waals surface area contributed by atoms with E-state index in [0.29, 0.717) is 11.4 Å². The van der Waals surface area contributed by atoms with E-state index in [4.69, 9.17) is 11.6 Å².